The van der Waals surface area contributed by atoms with Crippen molar-refractivity contribution in [3.8, 4) is 6.07 Å². The summed E-state index contributed by atoms with van der Waals surface area (Å²) in [5, 5.41) is 26.3. The Hall–Kier alpha value is -2.20. The van der Waals surface area contributed by atoms with E-state index in [-0.39, 0.29) is 17.1 Å². The fourth-order valence-electron chi connectivity index (χ4n) is 2.42. The zero-order valence-electron chi connectivity index (χ0n) is 11.1. The number of hydrogen-bond acceptors (Lipinski definition) is 6. The Morgan fingerprint density at radius 3 is 3.15 bits per heavy atom. The molecule has 0 amide bonds. The van der Waals surface area contributed by atoms with Crippen molar-refractivity contribution in [2.75, 3.05) is 25.0 Å². The van der Waals surface area contributed by atoms with Crippen molar-refractivity contribution in [1.82, 2.24) is 10.3 Å². The lowest BCUT2D eigenvalue weighted by molar-refractivity contribution is -0.384. The van der Waals surface area contributed by atoms with Crippen LogP contribution < -0.4 is 10.6 Å². The van der Waals surface area contributed by atoms with Crippen LogP contribution in [-0.2, 0) is 0 Å². The number of piperidine rings is 1. The lowest BCUT2D eigenvalue weighted by atomic mass is 9.96. The van der Waals surface area contributed by atoms with E-state index >= 15 is 0 Å². The molecule has 2 rings (SSSR count). The molecule has 1 aromatic heterocycles. The molecule has 0 aromatic carbocycles. The van der Waals surface area contributed by atoms with Gasteiger partial charge in [0.15, 0.2) is 0 Å². The molecule has 1 aliphatic rings. The predicted octanol–water partition coefficient (Wildman–Crippen LogP) is 1.66. The van der Waals surface area contributed by atoms with Gasteiger partial charge in [-0.2, -0.15) is 5.26 Å². The van der Waals surface area contributed by atoms with Crippen LogP contribution in [0.4, 0.5) is 11.5 Å². The average Bonchev–Trinajstić information content (AvgIpc) is 2.47. The average molecular weight is 275 g/mol. The number of rotatable bonds is 5. The van der Waals surface area contributed by atoms with E-state index in [9.17, 15) is 10.1 Å². The molecule has 0 bridgehead atoms. The second-order valence-corrected chi connectivity index (χ2v) is 4.85. The number of anilines is 1. The summed E-state index contributed by atoms with van der Waals surface area (Å²) in [6.07, 6.45) is 4.70. The molecule has 0 aliphatic carbocycles. The van der Waals surface area contributed by atoms with Crippen molar-refractivity contribution in [3.05, 3.63) is 27.9 Å². The van der Waals surface area contributed by atoms with Gasteiger partial charge in [-0.05, 0) is 44.3 Å². The van der Waals surface area contributed by atoms with Gasteiger partial charge in [-0.25, -0.2) is 4.98 Å². The van der Waals surface area contributed by atoms with Crippen LogP contribution in [0.1, 0.15) is 24.8 Å². The second kappa shape index (κ2) is 6.82. The normalized spacial score (nSPS) is 18.2. The first-order valence-electron chi connectivity index (χ1n) is 6.70. The summed E-state index contributed by atoms with van der Waals surface area (Å²) in [7, 11) is 0. The van der Waals surface area contributed by atoms with E-state index in [2.05, 4.69) is 15.6 Å². The van der Waals surface area contributed by atoms with E-state index in [0.29, 0.717) is 12.5 Å². The minimum absolute atomic E-state index is 0.0341. The highest BCUT2D eigenvalue weighted by atomic mass is 16.6. The van der Waals surface area contributed by atoms with Crippen LogP contribution in [0.25, 0.3) is 0 Å². The Labute approximate surface area is 117 Å². The molecule has 1 saturated heterocycles. The highest BCUT2D eigenvalue weighted by Gasteiger charge is 2.21. The molecule has 0 radical (unpaired) electrons. The van der Waals surface area contributed by atoms with Gasteiger partial charge in [0.05, 0.1) is 4.92 Å². The van der Waals surface area contributed by atoms with Crippen LogP contribution >= 0.6 is 0 Å². The first kappa shape index (κ1) is 14.2. The minimum Gasteiger partial charge on any atom is -0.364 e. The number of pyridine rings is 1. The Morgan fingerprint density at radius 1 is 1.65 bits per heavy atom. The van der Waals surface area contributed by atoms with E-state index in [0.717, 1.165) is 19.5 Å². The van der Waals surface area contributed by atoms with Gasteiger partial charge >= 0.3 is 5.69 Å². The molecule has 1 aliphatic heterocycles. The number of aromatic nitrogens is 1. The number of nitrogens with zero attached hydrogens (tertiary/aromatic N) is 3. The van der Waals surface area contributed by atoms with Crippen molar-refractivity contribution in [3.63, 3.8) is 0 Å². The van der Waals surface area contributed by atoms with Crippen LogP contribution in [0.5, 0.6) is 0 Å². The van der Waals surface area contributed by atoms with Crippen LogP contribution in [0.2, 0.25) is 0 Å². The lowest BCUT2D eigenvalue weighted by Gasteiger charge is -2.22. The van der Waals surface area contributed by atoms with Gasteiger partial charge in [0, 0.05) is 12.7 Å². The van der Waals surface area contributed by atoms with Crippen molar-refractivity contribution >= 4 is 11.5 Å². The second-order valence-electron chi connectivity index (χ2n) is 4.85. The molecule has 1 fully saturated rings. The fourth-order valence-corrected chi connectivity index (χ4v) is 2.42. The minimum atomic E-state index is -0.559. The Balaban J connectivity index is 1.98. The predicted molar refractivity (Wildman–Crippen MR) is 74.3 cm³/mol. The molecular formula is C13H17N5O2. The van der Waals surface area contributed by atoms with Gasteiger partial charge in [-0.15, -0.1) is 0 Å². The first-order chi connectivity index (χ1) is 9.72. The maximum atomic E-state index is 11.0. The summed E-state index contributed by atoms with van der Waals surface area (Å²) in [6.45, 7) is 2.69. The summed E-state index contributed by atoms with van der Waals surface area (Å²) in [5.74, 6) is 0.771. The zero-order chi connectivity index (χ0) is 14.4. The van der Waals surface area contributed by atoms with Crippen molar-refractivity contribution in [2.45, 2.75) is 19.3 Å². The zero-order valence-corrected chi connectivity index (χ0v) is 11.1. The summed E-state index contributed by atoms with van der Waals surface area (Å²) in [4.78, 5) is 14.4. The van der Waals surface area contributed by atoms with Gasteiger partial charge in [0.1, 0.15) is 11.6 Å². The fraction of sp³-hybridized carbons (Fsp3) is 0.538. The maximum Gasteiger partial charge on any atom is 0.328 e. The standard InChI is InChI=1S/C13H17N5O2/c14-8-11-4-7-17-13(12(11)18(19)20)16-6-3-10-2-1-5-15-9-10/h4,7,10,15H,1-3,5-6,9H2,(H,16,17). The van der Waals surface area contributed by atoms with Gasteiger partial charge in [0.2, 0.25) is 5.82 Å². The van der Waals surface area contributed by atoms with Crippen LogP contribution in [0, 0.1) is 27.4 Å². The van der Waals surface area contributed by atoms with Gasteiger partial charge in [-0.1, -0.05) is 0 Å². The third kappa shape index (κ3) is 3.42. The summed E-state index contributed by atoms with van der Waals surface area (Å²) >= 11 is 0. The lowest BCUT2D eigenvalue weighted by Crippen LogP contribution is -2.30. The topological polar surface area (TPSA) is 104 Å². The van der Waals surface area contributed by atoms with Gasteiger partial charge in [0.25, 0.3) is 0 Å². The van der Waals surface area contributed by atoms with Gasteiger partial charge in [-0.3, -0.25) is 10.1 Å². The SMILES string of the molecule is N#Cc1ccnc(NCCC2CCCNC2)c1[N+](=O)[O-]. The van der Waals surface area contributed by atoms with Crippen molar-refractivity contribution in [1.29, 1.82) is 5.26 Å². The molecule has 0 saturated carbocycles. The molecule has 2 N–H and O–H groups in total. The third-order valence-corrected chi connectivity index (χ3v) is 3.47. The maximum absolute atomic E-state index is 11.0. The van der Waals surface area contributed by atoms with E-state index in [1.54, 1.807) is 0 Å². The number of nitro groups is 1. The quantitative estimate of drug-likeness (QED) is 0.625. The van der Waals surface area contributed by atoms with Crippen molar-refractivity contribution in [2.24, 2.45) is 5.92 Å². The van der Waals surface area contributed by atoms with E-state index < -0.39 is 4.92 Å². The Kier molecular flexibility index (Phi) is 4.85. The molecule has 1 aromatic rings. The number of hydrogen-bond donors (Lipinski definition) is 2. The Bertz CT molecular complexity index is 520. The van der Waals surface area contributed by atoms with Gasteiger partial charge < -0.3 is 10.6 Å². The molecule has 1 unspecified atom stereocenters. The molecule has 7 heteroatoms. The number of nitriles is 1. The Morgan fingerprint density at radius 2 is 2.50 bits per heavy atom. The highest BCUT2D eigenvalue weighted by Crippen LogP contribution is 2.25. The largest absolute Gasteiger partial charge is 0.364 e. The van der Waals surface area contributed by atoms with E-state index in [1.165, 1.54) is 25.1 Å². The molecule has 20 heavy (non-hydrogen) atoms. The van der Waals surface area contributed by atoms with E-state index in [4.69, 9.17) is 5.26 Å². The molecule has 1 atom stereocenters. The monoisotopic (exact) mass is 275 g/mol. The molecule has 0 spiro atoms. The first-order valence-corrected chi connectivity index (χ1v) is 6.70. The smallest absolute Gasteiger partial charge is 0.328 e. The summed E-state index contributed by atoms with van der Waals surface area (Å²) in [6, 6.07) is 3.18. The molecule has 7 nitrogen and oxygen atoms in total. The third-order valence-electron chi connectivity index (χ3n) is 3.47. The molecular weight excluding hydrogens is 258 g/mol. The highest BCUT2D eigenvalue weighted by molar-refractivity contribution is 5.63. The number of nitrogens with one attached hydrogen (secondary N) is 2. The summed E-state index contributed by atoms with van der Waals surface area (Å²) in [5.41, 5.74) is -0.205. The van der Waals surface area contributed by atoms with Crippen molar-refractivity contribution < 1.29 is 4.92 Å². The summed E-state index contributed by atoms with van der Waals surface area (Å²) < 4.78 is 0. The molecule has 106 valence electrons. The molecule has 2 heterocycles. The van der Waals surface area contributed by atoms with Crippen LogP contribution in [0.15, 0.2) is 12.3 Å². The van der Waals surface area contributed by atoms with Crippen LogP contribution in [0.3, 0.4) is 0 Å². The van der Waals surface area contributed by atoms with Crippen LogP contribution in [-0.4, -0.2) is 29.5 Å². The van der Waals surface area contributed by atoms with E-state index in [1.807, 2.05) is 6.07 Å².